The van der Waals surface area contributed by atoms with Crippen molar-refractivity contribution in [2.45, 2.75) is 35.7 Å². The van der Waals surface area contributed by atoms with Gasteiger partial charge in [-0.25, -0.2) is 8.42 Å². The van der Waals surface area contributed by atoms with Crippen molar-refractivity contribution in [2.75, 3.05) is 12.4 Å². The molecule has 0 aliphatic carbocycles. The van der Waals surface area contributed by atoms with E-state index in [2.05, 4.69) is 15.9 Å². The van der Waals surface area contributed by atoms with Crippen molar-refractivity contribution < 1.29 is 26.3 Å². The Bertz CT molecular complexity index is 341. The zero-order valence-corrected chi connectivity index (χ0v) is 10.9. The number of hydrogen-bond donors (Lipinski definition) is 0. The van der Waals surface area contributed by atoms with Crippen LogP contribution in [0.4, 0.5) is 13.2 Å². The first-order valence-corrected chi connectivity index (χ1v) is 7.31. The van der Waals surface area contributed by atoms with E-state index in [1.165, 1.54) is 0 Å². The van der Waals surface area contributed by atoms with Gasteiger partial charge in [0.15, 0.2) is 9.84 Å². The van der Waals surface area contributed by atoms with Gasteiger partial charge < -0.3 is 4.74 Å². The first-order chi connectivity index (χ1) is 7.14. The molecular formula is C8H12BrF3O3S. The van der Waals surface area contributed by atoms with E-state index < -0.39 is 37.9 Å². The summed E-state index contributed by atoms with van der Waals surface area (Å²) in [7, 11) is -3.78. The number of sulfone groups is 1. The molecule has 1 rings (SSSR count). The van der Waals surface area contributed by atoms with E-state index in [1.54, 1.807) is 6.92 Å². The van der Waals surface area contributed by atoms with Crippen LogP contribution in [0.5, 0.6) is 0 Å². The summed E-state index contributed by atoms with van der Waals surface area (Å²) in [6.45, 7) is 1.84. The second-order valence-corrected chi connectivity index (χ2v) is 7.11. The summed E-state index contributed by atoms with van der Waals surface area (Å²) in [6, 6.07) is 0. The van der Waals surface area contributed by atoms with Crippen molar-refractivity contribution in [2.24, 2.45) is 0 Å². The van der Waals surface area contributed by atoms with Crippen LogP contribution in [-0.2, 0) is 14.6 Å². The van der Waals surface area contributed by atoms with Gasteiger partial charge in [-0.05, 0) is 13.3 Å². The molecule has 1 aliphatic rings. The Labute approximate surface area is 100 Å². The van der Waals surface area contributed by atoms with E-state index in [4.69, 9.17) is 4.74 Å². The molecule has 0 spiro atoms. The zero-order chi connectivity index (χ0) is 12.6. The Morgan fingerprint density at radius 3 is 2.44 bits per heavy atom. The Balaban J connectivity index is 2.72. The van der Waals surface area contributed by atoms with Crippen LogP contribution in [0.25, 0.3) is 0 Å². The number of halogens is 4. The minimum Gasteiger partial charge on any atom is -0.377 e. The molecule has 0 aromatic rings. The maximum atomic E-state index is 12.2. The average molecular weight is 325 g/mol. The zero-order valence-electron chi connectivity index (χ0n) is 8.50. The van der Waals surface area contributed by atoms with Gasteiger partial charge >= 0.3 is 6.18 Å². The minimum absolute atomic E-state index is 0.265. The predicted octanol–water partition coefficient (Wildman–Crippen LogP) is 1.90. The Kier molecular flexibility index (Phi) is 4.29. The molecule has 0 aromatic heterocycles. The molecule has 0 aromatic carbocycles. The van der Waals surface area contributed by atoms with Crippen LogP contribution < -0.4 is 0 Å². The molecule has 1 fully saturated rings. The molecule has 1 heterocycles. The smallest absolute Gasteiger partial charge is 0.377 e. The highest BCUT2D eigenvalue weighted by molar-refractivity contribution is 9.09. The maximum absolute atomic E-state index is 12.2. The first-order valence-electron chi connectivity index (χ1n) is 4.68. The molecule has 1 saturated heterocycles. The summed E-state index contributed by atoms with van der Waals surface area (Å²) in [5.74, 6) is -0.936. The quantitative estimate of drug-likeness (QED) is 0.745. The molecule has 3 nitrogen and oxygen atoms in total. The highest BCUT2D eigenvalue weighted by atomic mass is 79.9. The van der Waals surface area contributed by atoms with Crippen LogP contribution in [0, 0.1) is 0 Å². The van der Waals surface area contributed by atoms with Crippen LogP contribution in [0.1, 0.15) is 13.3 Å². The van der Waals surface area contributed by atoms with E-state index >= 15 is 0 Å². The van der Waals surface area contributed by atoms with Crippen molar-refractivity contribution in [1.82, 2.24) is 0 Å². The lowest BCUT2D eigenvalue weighted by molar-refractivity contribution is -0.123. The second kappa shape index (κ2) is 4.81. The van der Waals surface area contributed by atoms with Crippen LogP contribution >= 0.6 is 15.9 Å². The molecule has 0 amide bonds. The fourth-order valence-corrected chi connectivity index (χ4v) is 4.67. The maximum Gasteiger partial charge on any atom is 0.402 e. The number of ether oxygens (including phenoxy) is 1. The van der Waals surface area contributed by atoms with Gasteiger partial charge in [0.25, 0.3) is 0 Å². The Hall–Kier alpha value is 0.180. The summed E-state index contributed by atoms with van der Waals surface area (Å²) in [6.07, 6.45) is -4.81. The predicted molar refractivity (Wildman–Crippen MR) is 56.4 cm³/mol. The van der Waals surface area contributed by atoms with Gasteiger partial charge in [0.2, 0.25) is 0 Å². The van der Waals surface area contributed by atoms with E-state index in [0.29, 0.717) is 0 Å². The highest BCUT2D eigenvalue weighted by Crippen LogP contribution is 2.30. The molecular weight excluding hydrogens is 313 g/mol. The van der Waals surface area contributed by atoms with Crippen molar-refractivity contribution >= 4 is 25.8 Å². The summed E-state index contributed by atoms with van der Waals surface area (Å²) < 4.78 is 65.1. The molecule has 0 radical (unpaired) electrons. The third-order valence-corrected chi connectivity index (χ3v) is 6.11. The van der Waals surface area contributed by atoms with Crippen LogP contribution in [-0.4, -0.2) is 43.1 Å². The minimum atomic E-state index is -4.55. The van der Waals surface area contributed by atoms with Gasteiger partial charge in [-0.1, -0.05) is 15.9 Å². The molecule has 0 N–H and O–H groups in total. The van der Waals surface area contributed by atoms with Gasteiger partial charge in [-0.2, -0.15) is 13.2 Å². The van der Waals surface area contributed by atoms with Gasteiger partial charge in [0.05, 0.1) is 17.1 Å². The number of alkyl halides is 4. The van der Waals surface area contributed by atoms with E-state index in [1.807, 2.05) is 0 Å². The van der Waals surface area contributed by atoms with E-state index in [-0.39, 0.29) is 13.0 Å². The third-order valence-electron chi connectivity index (χ3n) is 2.50. The van der Waals surface area contributed by atoms with Crippen molar-refractivity contribution in [1.29, 1.82) is 0 Å². The molecule has 0 bridgehead atoms. The van der Waals surface area contributed by atoms with Gasteiger partial charge in [-0.3, -0.25) is 0 Å². The van der Waals surface area contributed by atoms with Crippen molar-refractivity contribution in [3.05, 3.63) is 0 Å². The molecule has 3 atom stereocenters. The largest absolute Gasteiger partial charge is 0.402 e. The first kappa shape index (κ1) is 14.2. The summed E-state index contributed by atoms with van der Waals surface area (Å²) in [5.41, 5.74) is 0. The fourth-order valence-electron chi connectivity index (χ4n) is 1.61. The van der Waals surface area contributed by atoms with Gasteiger partial charge in [0.1, 0.15) is 4.83 Å². The molecule has 3 unspecified atom stereocenters. The standard InChI is InChI=1S/C8H12BrF3O3S/c1-5-6(2-3-15-5)16(13,14)4-7(9)8(10,11)12/h5-7H,2-4H2,1H3. The summed E-state index contributed by atoms with van der Waals surface area (Å²) >= 11 is 2.36. The second-order valence-electron chi connectivity index (χ2n) is 3.74. The number of hydrogen-bond acceptors (Lipinski definition) is 3. The molecule has 96 valence electrons. The van der Waals surface area contributed by atoms with Gasteiger partial charge in [0, 0.05) is 6.61 Å². The normalized spacial score (nSPS) is 29.3. The van der Waals surface area contributed by atoms with E-state index in [9.17, 15) is 21.6 Å². The third kappa shape index (κ3) is 3.33. The lowest BCUT2D eigenvalue weighted by Crippen LogP contribution is -2.37. The highest BCUT2D eigenvalue weighted by Gasteiger charge is 2.44. The Morgan fingerprint density at radius 1 is 1.50 bits per heavy atom. The van der Waals surface area contributed by atoms with E-state index in [0.717, 1.165) is 0 Å². The lowest BCUT2D eigenvalue weighted by atomic mass is 10.3. The fraction of sp³-hybridized carbons (Fsp3) is 1.00. The molecule has 1 aliphatic heterocycles. The van der Waals surface area contributed by atoms with Gasteiger partial charge in [-0.15, -0.1) is 0 Å². The number of rotatable bonds is 3. The molecule has 16 heavy (non-hydrogen) atoms. The monoisotopic (exact) mass is 324 g/mol. The SMILES string of the molecule is CC1OCCC1S(=O)(=O)CC(Br)C(F)(F)F. The van der Waals surface area contributed by atoms with Crippen LogP contribution in [0.2, 0.25) is 0 Å². The van der Waals surface area contributed by atoms with Crippen molar-refractivity contribution in [3.8, 4) is 0 Å². The average Bonchev–Trinajstić information content (AvgIpc) is 2.49. The summed E-state index contributed by atoms with van der Waals surface area (Å²) in [5, 5.41) is -0.824. The Morgan fingerprint density at radius 2 is 2.06 bits per heavy atom. The van der Waals surface area contributed by atoms with Crippen molar-refractivity contribution in [3.63, 3.8) is 0 Å². The molecule has 0 saturated carbocycles. The molecule has 8 heteroatoms. The summed E-state index contributed by atoms with van der Waals surface area (Å²) in [4.78, 5) is -2.02. The van der Waals surface area contributed by atoms with Crippen LogP contribution in [0.15, 0.2) is 0 Å². The van der Waals surface area contributed by atoms with Crippen LogP contribution in [0.3, 0.4) is 0 Å². The lowest BCUT2D eigenvalue weighted by Gasteiger charge is -2.19. The topological polar surface area (TPSA) is 43.4 Å².